The number of benzene rings is 2. The van der Waals surface area contributed by atoms with Crippen LogP contribution >= 0.6 is 12.4 Å². The number of nitrogens with one attached hydrogen (secondary N) is 1. The maximum atomic E-state index is 12.2. The summed E-state index contributed by atoms with van der Waals surface area (Å²) in [6.07, 6.45) is 3.84. The van der Waals surface area contributed by atoms with Crippen LogP contribution in [-0.4, -0.2) is 13.0 Å². The highest BCUT2D eigenvalue weighted by atomic mass is 35.5. The third kappa shape index (κ3) is 3.96. The zero-order valence-corrected chi connectivity index (χ0v) is 13.9. The standard InChI is InChI=1S/C18H20N2O2.ClH/c1-22-15-7-8-16(19)17(11-15)20-18(21)10-12-5-6-13-3-2-4-14(13)9-12;/h5-9,11H,2-4,10,19H2,1H3,(H,20,21);1H. The number of halogens is 1. The quantitative estimate of drug-likeness (QED) is 0.844. The molecule has 5 heteroatoms. The Kier molecular flexibility index (Phi) is 5.50. The van der Waals surface area contributed by atoms with E-state index >= 15 is 0 Å². The summed E-state index contributed by atoms with van der Waals surface area (Å²) in [7, 11) is 1.58. The third-order valence-corrected chi connectivity index (χ3v) is 4.06. The minimum atomic E-state index is -0.0714. The van der Waals surface area contributed by atoms with Crippen LogP contribution in [0, 0.1) is 0 Å². The fraction of sp³-hybridized carbons (Fsp3) is 0.278. The maximum absolute atomic E-state index is 12.2. The minimum absolute atomic E-state index is 0. The normalized spacial score (nSPS) is 12.2. The van der Waals surface area contributed by atoms with Crippen LogP contribution in [0.2, 0.25) is 0 Å². The van der Waals surface area contributed by atoms with Crippen LogP contribution in [0.5, 0.6) is 5.75 Å². The average molecular weight is 333 g/mol. The average Bonchev–Trinajstić information content (AvgIpc) is 2.97. The number of ether oxygens (including phenoxy) is 1. The van der Waals surface area contributed by atoms with E-state index in [9.17, 15) is 4.79 Å². The second kappa shape index (κ2) is 7.38. The Balaban J connectivity index is 0.00000192. The summed E-state index contributed by atoms with van der Waals surface area (Å²) < 4.78 is 5.15. The molecule has 0 aromatic heterocycles. The zero-order chi connectivity index (χ0) is 15.5. The molecule has 0 saturated carbocycles. The molecule has 0 radical (unpaired) electrons. The first-order chi connectivity index (χ1) is 10.7. The molecule has 0 fully saturated rings. The van der Waals surface area contributed by atoms with Gasteiger partial charge in [0.1, 0.15) is 5.75 Å². The molecule has 122 valence electrons. The van der Waals surface area contributed by atoms with Gasteiger partial charge in [0.05, 0.1) is 24.9 Å². The number of hydrogen-bond donors (Lipinski definition) is 2. The molecule has 3 N–H and O–H groups in total. The van der Waals surface area contributed by atoms with Gasteiger partial charge in [0.25, 0.3) is 0 Å². The molecule has 4 nitrogen and oxygen atoms in total. The van der Waals surface area contributed by atoms with Crippen LogP contribution in [0.1, 0.15) is 23.1 Å². The SMILES string of the molecule is COc1ccc(N)c(NC(=O)Cc2ccc3c(c2)CCC3)c1.Cl. The van der Waals surface area contributed by atoms with Gasteiger partial charge in [0, 0.05) is 6.07 Å². The predicted octanol–water partition coefficient (Wildman–Crippen LogP) is 3.37. The molecule has 1 amide bonds. The molecule has 2 aromatic carbocycles. The van der Waals surface area contributed by atoms with Crippen LogP contribution in [0.25, 0.3) is 0 Å². The van der Waals surface area contributed by atoms with Crippen molar-refractivity contribution in [1.29, 1.82) is 0 Å². The van der Waals surface area contributed by atoms with Gasteiger partial charge in [0.2, 0.25) is 5.91 Å². The lowest BCUT2D eigenvalue weighted by molar-refractivity contribution is -0.115. The van der Waals surface area contributed by atoms with Gasteiger partial charge in [-0.25, -0.2) is 0 Å². The number of amides is 1. The van der Waals surface area contributed by atoms with E-state index < -0.39 is 0 Å². The van der Waals surface area contributed by atoms with Crippen molar-refractivity contribution in [2.45, 2.75) is 25.7 Å². The van der Waals surface area contributed by atoms with Crippen molar-refractivity contribution in [1.82, 2.24) is 0 Å². The van der Waals surface area contributed by atoms with Gasteiger partial charge < -0.3 is 15.8 Å². The van der Waals surface area contributed by atoms with Crippen LogP contribution in [-0.2, 0) is 24.1 Å². The van der Waals surface area contributed by atoms with Gasteiger partial charge in [-0.05, 0) is 48.1 Å². The molecule has 2 aromatic rings. The van der Waals surface area contributed by atoms with E-state index in [2.05, 4.69) is 17.4 Å². The number of nitrogen functional groups attached to an aromatic ring is 1. The highest BCUT2D eigenvalue weighted by molar-refractivity contribution is 5.95. The van der Waals surface area contributed by atoms with E-state index in [1.165, 1.54) is 17.5 Å². The van der Waals surface area contributed by atoms with Gasteiger partial charge in [0.15, 0.2) is 0 Å². The molecule has 0 spiro atoms. The van der Waals surface area contributed by atoms with Crippen LogP contribution in [0.4, 0.5) is 11.4 Å². The van der Waals surface area contributed by atoms with Crippen molar-refractivity contribution in [3.05, 3.63) is 53.1 Å². The number of methoxy groups -OCH3 is 1. The van der Waals surface area contributed by atoms with Gasteiger partial charge in [-0.3, -0.25) is 4.79 Å². The first-order valence-corrected chi connectivity index (χ1v) is 7.50. The van der Waals surface area contributed by atoms with E-state index in [1.54, 1.807) is 25.3 Å². The Morgan fingerprint density at radius 2 is 1.96 bits per heavy atom. The number of fused-ring (bicyclic) bond motifs is 1. The number of anilines is 2. The number of carbonyl (C=O) groups is 1. The Morgan fingerprint density at radius 1 is 1.17 bits per heavy atom. The summed E-state index contributed by atoms with van der Waals surface area (Å²) in [6, 6.07) is 11.6. The lowest BCUT2D eigenvalue weighted by Gasteiger charge is -2.10. The summed E-state index contributed by atoms with van der Waals surface area (Å²) in [5.41, 5.74) is 10.8. The van der Waals surface area contributed by atoms with Crippen molar-refractivity contribution in [3.63, 3.8) is 0 Å². The summed E-state index contributed by atoms with van der Waals surface area (Å²) >= 11 is 0. The van der Waals surface area contributed by atoms with Crippen LogP contribution in [0.15, 0.2) is 36.4 Å². The van der Waals surface area contributed by atoms with E-state index in [-0.39, 0.29) is 18.3 Å². The lowest BCUT2D eigenvalue weighted by atomic mass is 10.0. The van der Waals surface area contributed by atoms with E-state index in [4.69, 9.17) is 10.5 Å². The van der Waals surface area contributed by atoms with Gasteiger partial charge in [-0.1, -0.05) is 18.2 Å². The minimum Gasteiger partial charge on any atom is -0.497 e. The van der Waals surface area contributed by atoms with Gasteiger partial charge >= 0.3 is 0 Å². The molecule has 0 heterocycles. The van der Waals surface area contributed by atoms with Gasteiger partial charge in [-0.15, -0.1) is 12.4 Å². The number of aryl methyl sites for hydroxylation is 2. The first-order valence-electron chi connectivity index (χ1n) is 7.50. The molecule has 3 rings (SSSR count). The smallest absolute Gasteiger partial charge is 0.228 e. The maximum Gasteiger partial charge on any atom is 0.228 e. The number of nitrogens with two attached hydrogens (primary N) is 1. The monoisotopic (exact) mass is 332 g/mol. The van der Waals surface area contributed by atoms with E-state index in [0.717, 1.165) is 18.4 Å². The molecule has 23 heavy (non-hydrogen) atoms. The molecular formula is C18H21ClN2O2. The topological polar surface area (TPSA) is 64.3 Å². The van der Waals surface area contributed by atoms with Crippen LogP contribution < -0.4 is 15.8 Å². The second-order valence-electron chi connectivity index (χ2n) is 5.63. The van der Waals surface area contributed by atoms with E-state index in [1.807, 2.05) is 6.07 Å². The Labute approximate surface area is 142 Å². The fourth-order valence-corrected chi connectivity index (χ4v) is 2.89. The Hall–Kier alpha value is -2.20. The number of carbonyl (C=O) groups excluding carboxylic acids is 1. The molecule has 1 aliphatic carbocycles. The number of hydrogen-bond acceptors (Lipinski definition) is 3. The molecule has 0 bridgehead atoms. The molecule has 1 aliphatic rings. The molecule has 0 saturated heterocycles. The fourth-order valence-electron chi connectivity index (χ4n) is 2.89. The van der Waals surface area contributed by atoms with E-state index in [0.29, 0.717) is 23.5 Å². The predicted molar refractivity (Wildman–Crippen MR) is 95.5 cm³/mol. The van der Waals surface area contributed by atoms with Crippen LogP contribution in [0.3, 0.4) is 0 Å². The van der Waals surface area contributed by atoms with Crippen molar-refractivity contribution >= 4 is 29.7 Å². The third-order valence-electron chi connectivity index (χ3n) is 4.06. The largest absolute Gasteiger partial charge is 0.497 e. The van der Waals surface area contributed by atoms with Crippen molar-refractivity contribution in [2.75, 3.05) is 18.2 Å². The summed E-state index contributed by atoms with van der Waals surface area (Å²) in [5, 5.41) is 2.86. The molecular weight excluding hydrogens is 312 g/mol. The summed E-state index contributed by atoms with van der Waals surface area (Å²) in [5.74, 6) is 0.597. The number of rotatable bonds is 4. The highest BCUT2D eigenvalue weighted by Gasteiger charge is 2.13. The van der Waals surface area contributed by atoms with Crippen molar-refractivity contribution in [2.24, 2.45) is 0 Å². The second-order valence-corrected chi connectivity index (χ2v) is 5.63. The first kappa shape index (κ1) is 17.2. The molecule has 0 aliphatic heterocycles. The lowest BCUT2D eigenvalue weighted by Crippen LogP contribution is -2.15. The van der Waals surface area contributed by atoms with Crippen molar-refractivity contribution in [3.8, 4) is 5.75 Å². The summed E-state index contributed by atoms with van der Waals surface area (Å²) in [6.45, 7) is 0. The summed E-state index contributed by atoms with van der Waals surface area (Å²) in [4.78, 5) is 12.2. The van der Waals surface area contributed by atoms with Gasteiger partial charge in [-0.2, -0.15) is 0 Å². The zero-order valence-electron chi connectivity index (χ0n) is 13.1. The Morgan fingerprint density at radius 3 is 2.74 bits per heavy atom. The van der Waals surface area contributed by atoms with Crippen molar-refractivity contribution < 1.29 is 9.53 Å². The molecule has 0 atom stereocenters. The highest BCUT2D eigenvalue weighted by Crippen LogP contribution is 2.25. The Bertz CT molecular complexity index is 716. The molecule has 0 unspecified atom stereocenters.